The average molecular weight is 528 g/mol. The number of aromatic nitrogens is 3. The fraction of sp³-hybridized carbons (Fsp3) is 0.571. The summed E-state index contributed by atoms with van der Waals surface area (Å²) in [5.74, 6) is 4.62. The van der Waals surface area contributed by atoms with Crippen molar-refractivity contribution >= 4 is 29.9 Å². The molecule has 2 heterocycles. The van der Waals surface area contributed by atoms with Crippen molar-refractivity contribution in [3.8, 4) is 11.5 Å². The minimum atomic E-state index is 0. The average Bonchev–Trinajstić information content (AvgIpc) is 3.15. The molecule has 9 heteroatoms. The Labute approximate surface area is 195 Å². The van der Waals surface area contributed by atoms with Gasteiger partial charge in [-0.15, -0.1) is 24.0 Å². The van der Waals surface area contributed by atoms with Gasteiger partial charge in [0.1, 0.15) is 5.82 Å². The molecule has 0 amide bonds. The van der Waals surface area contributed by atoms with Crippen molar-refractivity contribution in [2.75, 3.05) is 20.8 Å². The van der Waals surface area contributed by atoms with Crippen LogP contribution in [0.2, 0.25) is 0 Å². The Morgan fingerprint density at radius 3 is 2.80 bits per heavy atom. The molecule has 1 aliphatic heterocycles. The van der Waals surface area contributed by atoms with E-state index in [1.807, 2.05) is 29.8 Å². The van der Waals surface area contributed by atoms with Gasteiger partial charge in [-0.2, -0.15) is 5.10 Å². The molecule has 3 rings (SSSR count). The van der Waals surface area contributed by atoms with Crippen molar-refractivity contribution in [2.24, 2.45) is 4.99 Å². The Balaban J connectivity index is 0.00000320. The molecule has 0 radical (unpaired) electrons. The van der Waals surface area contributed by atoms with Crippen LogP contribution in [0.3, 0.4) is 0 Å². The molecule has 1 aliphatic rings. The third kappa shape index (κ3) is 5.99. The van der Waals surface area contributed by atoms with E-state index in [0.717, 1.165) is 54.1 Å². The van der Waals surface area contributed by atoms with Gasteiger partial charge in [0.15, 0.2) is 23.3 Å². The van der Waals surface area contributed by atoms with Gasteiger partial charge >= 0.3 is 0 Å². The highest BCUT2D eigenvalue weighted by Gasteiger charge is 2.23. The largest absolute Gasteiger partial charge is 0.493 e. The van der Waals surface area contributed by atoms with Crippen LogP contribution in [0, 0.1) is 0 Å². The minimum absolute atomic E-state index is 0. The molecule has 0 saturated carbocycles. The fourth-order valence-electron chi connectivity index (χ4n) is 3.36. The monoisotopic (exact) mass is 528 g/mol. The molecule has 2 aromatic rings. The number of methoxy groups -OCH3 is 1. The summed E-state index contributed by atoms with van der Waals surface area (Å²) in [6.07, 6.45) is 1.93. The highest BCUT2D eigenvalue weighted by atomic mass is 127. The van der Waals surface area contributed by atoms with Gasteiger partial charge in [-0.1, -0.05) is 19.9 Å². The summed E-state index contributed by atoms with van der Waals surface area (Å²) in [7, 11) is 3.44. The predicted octanol–water partition coefficient (Wildman–Crippen LogP) is 3.11. The van der Waals surface area contributed by atoms with E-state index in [4.69, 9.17) is 9.47 Å². The number of nitrogens with zero attached hydrogens (tertiary/aromatic N) is 4. The molecule has 30 heavy (non-hydrogen) atoms. The normalized spacial score (nSPS) is 15.9. The summed E-state index contributed by atoms with van der Waals surface area (Å²) in [6, 6.07) is 6.22. The van der Waals surface area contributed by atoms with Gasteiger partial charge < -0.3 is 20.1 Å². The number of benzene rings is 1. The first-order valence-corrected chi connectivity index (χ1v) is 10.2. The molecule has 1 aromatic heterocycles. The van der Waals surface area contributed by atoms with E-state index >= 15 is 0 Å². The van der Waals surface area contributed by atoms with Crippen LogP contribution in [0.5, 0.6) is 11.5 Å². The van der Waals surface area contributed by atoms with Crippen molar-refractivity contribution in [3.63, 3.8) is 0 Å². The van der Waals surface area contributed by atoms with E-state index < -0.39 is 0 Å². The van der Waals surface area contributed by atoms with E-state index in [-0.39, 0.29) is 30.0 Å². The Bertz CT molecular complexity index is 852. The maximum atomic E-state index is 5.66. The van der Waals surface area contributed by atoms with Crippen LogP contribution < -0.4 is 20.1 Å². The highest BCUT2D eigenvalue weighted by Crippen LogP contribution is 2.28. The highest BCUT2D eigenvalue weighted by molar-refractivity contribution is 14.0. The van der Waals surface area contributed by atoms with E-state index in [1.54, 1.807) is 14.2 Å². The summed E-state index contributed by atoms with van der Waals surface area (Å²) in [5, 5.41) is 11.5. The summed E-state index contributed by atoms with van der Waals surface area (Å²) in [4.78, 5) is 9.03. The van der Waals surface area contributed by atoms with Gasteiger partial charge in [0.05, 0.1) is 20.3 Å². The van der Waals surface area contributed by atoms with E-state index in [9.17, 15) is 0 Å². The molecule has 0 spiro atoms. The van der Waals surface area contributed by atoms with Crippen LogP contribution in [0.15, 0.2) is 23.2 Å². The maximum Gasteiger partial charge on any atom is 0.191 e. The number of ether oxygens (including phenoxy) is 2. The number of hydrogen-bond acceptors (Lipinski definition) is 5. The first kappa shape index (κ1) is 24.2. The first-order chi connectivity index (χ1) is 14.0. The minimum Gasteiger partial charge on any atom is -0.493 e. The quantitative estimate of drug-likeness (QED) is 0.327. The number of aliphatic imine (C=N–C) groups is 1. The SMILES string of the molecule is CCOc1cc(CNC(=NC)NC2CCc3nc(C(C)C)nn3C2)ccc1OC.I. The lowest BCUT2D eigenvalue weighted by molar-refractivity contribution is 0.310. The zero-order chi connectivity index (χ0) is 20.8. The molecule has 1 atom stereocenters. The Morgan fingerprint density at radius 2 is 2.13 bits per heavy atom. The van der Waals surface area contributed by atoms with Crippen LogP contribution >= 0.6 is 24.0 Å². The van der Waals surface area contributed by atoms with Crippen LogP contribution in [-0.2, 0) is 19.5 Å². The maximum absolute atomic E-state index is 5.66. The summed E-state index contributed by atoms with van der Waals surface area (Å²) >= 11 is 0. The molecule has 0 aliphatic carbocycles. The Hall–Kier alpha value is -2.04. The summed E-state index contributed by atoms with van der Waals surface area (Å²) < 4.78 is 13.0. The van der Waals surface area contributed by atoms with Gasteiger partial charge in [-0.3, -0.25) is 4.99 Å². The molecule has 2 N–H and O–H groups in total. The van der Waals surface area contributed by atoms with Gasteiger partial charge in [0.2, 0.25) is 0 Å². The number of aryl methyl sites for hydroxylation is 1. The first-order valence-electron chi connectivity index (χ1n) is 10.2. The molecule has 1 aromatic carbocycles. The molecule has 1 unspecified atom stereocenters. The van der Waals surface area contributed by atoms with E-state index in [2.05, 4.69) is 39.6 Å². The van der Waals surface area contributed by atoms with Gasteiger partial charge in [0, 0.05) is 32.0 Å². The predicted molar refractivity (Wildman–Crippen MR) is 129 cm³/mol. The van der Waals surface area contributed by atoms with Crippen LogP contribution in [0.25, 0.3) is 0 Å². The lowest BCUT2D eigenvalue weighted by Gasteiger charge is -2.25. The summed E-state index contributed by atoms with van der Waals surface area (Å²) in [6.45, 7) is 8.25. The number of hydrogen-bond donors (Lipinski definition) is 2. The van der Waals surface area contributed by atoms with Crippen molar-refractivity contribution in [1.82, 2.24) is 25.4 Å². The van der Waals surface area contributed by atoms with Crippen molar-refractivity contribution < 1.29 is 9.47 Å². The molecule has 0 saturated heterocycles. The second-order valence-corrected chi connectivity index (χ2v) is 7.45. The second-order valence-electron chi connectivity index (χ2n) is 7.45. The molecular weight excluding hydrogens is 495 g/mol. The smallest absolute Gasteiger partial charge is 0.191 e. The third-order valence-corrected chi connectivity index (χ3v) is 4.94. The van der Waals surface area contributed by atoms with Crippen LogP contribution in [0.4, 0.5) is 0 Å². The van der Waals surface area contributed by atoms with Gasteiger partial charge in [-0.05, 0) is 31.0 Å². The fourth-order valence-corrected chi connectivity index (χ4v) is 3.36. The number of nitrogens with one attached hydrogen (secondary N) is 2. The van der Waals surface area contributed by atoms with Crippen LogP contribution in [-0.4, -0.2) is 47.5 Å². The zero-order valence-electron chi connectivity index (χ0n) is 18.4. The second kappa shape index (κ2) is 11.4. The topological polar surface area (TPSA) is 85.6 Å². The number of halogens is 1. The lowest BCUT2D eigenvalue weighted by Crippen LogP contribution is -2.46. The molecule has 8 nitrogen and oxygen atoms in total. The number of rotatable bonds is 7. The third-order valence-electron chi connectivity index (χ3n) is 4.94. The summed E-state index contributed by atoms with van der Waals surface area (Å²) in [5.41, 5.74) is 1.10. The molecule has 0 fully saturated rings. The van der Waals surface area contributed by atoms with E-state index in [1.165, 1.54) is 0 Å². The zero-order valence-corrected chi connectivity index (χ0v) is 20.8. The van der Waals surface area contributed by atoms with Gasteiger partial charge in [-0.25, -0.2) is 9.67 Å². The molecule has 0 bridgehead atoms. The van der Waals surface area contributed by atoms with Crippen molar-refractivity contribution in [2.45, 2.75) is 58.7 Å². The van der Waals surface area contributed by atoms with Gasteiger partial charge in [0.25, 0.3) is 0 Å². The van der Waals surface area contributed by atoms with E-state index in [0.29, 0.717) is 19.1 Å². The lowest BCUT2D eigenvalue weighted by atomic mass is 10.1. The van der Waals surface area contributed by atoms with Crippen molar-refractivity contribution in [3.05, 3.63) is 35.4 Å². The van der Waals surface area contributed by atoms with Crippen molar-refractivity contribution in [1.29, 1.82) is 0 Å². The number of fused-ring (bicyclic) bond motifs is 1. The molecular formula is C21H33IN6O2. The van der Waals surface area contributed by atoms with Crippen LogP contribution in [0.1, 0.15) is 50.3 Å². The Kier molecular flexibility index (Phi) is 9.19. The Morgan fingerprint density at radius 1 is 1.33 bits per heavy atom. The standard InChI is InChI=1S/C21H32N6O2.HI/c1-6-29-18-11-15(7-9-17(18)28-5)12-23-21(22-4)24-16-8-10-19-25-20(14(2)3)26-27(19)13-16;/h7,9,11,14,16H,6,8,10,12-13H2,1-5H3,(H2,22,23,24);1H. The molecule has 166 valence electrons. The number of guanidine groups is 1.